The van der Waals surface area contributed by atoms with E-state index in [9.17, 15) is 9.90 Å². The van der Waals surface area contributed by atoms with Gasteiger partial charge in [-0.25, -0.2) is 0 Å². The maximum atomic E-state index is 11.3. The molecule has 0 spiro atoms. The molecule has 0 saturated heterocycles. The highest BCUT2D eigenvalue weighted by Gasteiger charge is 2.35. The van der Waals surface area contributed by atoms with Crippen LogP contribution in [0.3, 0.4) is 0 Å². The smallest absolute Gasteiger partial charge is 0.307 e. The highest BCUT2D eigenvalue weighted by molar-refractivity contribution is 6.32. The topological polar surface area (TPSA) is 68.5 Å². The molecule has 0 amide bonds. The summed E-state index contributed by atoms with van der Waals surface area (Å²) in [4.78, 5) is 17.6. The van der Waals surface area contributed by atoms with Gasteiger partial charge in [0.25, 0.3) is 0 Å². The Kier molecular flexibility index (Phi) is 4.14. The predicted molar refractivity (Wildman–Crippen MR) is 89.8 cm³/mol. The number of carboxylic acid groups (broad SMARTS) is 1. The number of amidine groups is 1. The molecule has 6 heteroatoms. The van der Waals surface area contributed by atoms with Crippen LogP contribution in [-0.4, -0.2) is 45.7 Å². The Morgan fingerprint density at radius 3 is 2.70 bits per heavy atom. The summed E-state index contributed by atoms with van der Waals surface area (Å²) < 4.78 is 0. The zero-order valence-electron chi connectivity index (χ0n) is 13.3. The van der Waals surface area contributed by atoms with Gasteiger partial charge in [0, 0.05) is 18.3 Å². The number of carbonyl (C=O) groups is 1. The molecule has 0 bridgehead atoms. The molecule has 0 saturated carbocycles. The van der Waals surface area contributed by atoms with Crippen LogP contribution in [0.5, 0.6) is 0 Å². The molecule has 1 atom stereocenters. The Labute approximate surface area is 135 Å². The summed E-state index contributed by atoms with van der Waals surface area (Å²) in [6, 6.07) is 9.84. The molecule has 2 heterocycles. The number of fused-ring (bicyclic) bond motifs is 1. The second-order valence-electron chi connectivity index (χ2n) is 6.10. The van der Waals surface area contributed by atoms with Crippen molar-refractivity contribution in [2.45, 2.75) is 26.4 Å². The fourth-order valence-corrected chi connectivity index (χ4v) is 2.74. The van der Waals surface area contributed by atoms with Gasteiger partial charge in [-0.1, -0.05) is 44.2 Å². The van der Waals surface area contributed by atoms with Crippen molar-refractivity contribution < 1.29 is 9.90 Å². The van der Waals surface area contributed by atoms with Gasteiger partial charge < -0.3 is 10.0 Å². The standard InChI is InChI=1S/C17H20N4O2/c1-12(2)10-21-16(8-17(22)23)20-11-14(18-9-15(20)19-21)13-6-4-3-5-7-13/h3-7,9,11-12,16H,8,10H2,1-2H3,(H,22,23). The number of rotatable bonds is 5. The maximum Gasteiger partial charge on any atom is 0.307 e. The molecular formula is C17H20N4O2. The summed E-state index contributed by atoms with van der Waals surface area (Å²) in [5, 5.41) is 15.6. The van der Waals surface area contributed by atoms with Crippen LogP contribution in [0, 0.1) is 5.92 Å². The van der Waals surface area contributed by atoms with Crippen molar-refractivity contribution in [3.63, 3.8) is 0 Å². The third-order valence-corrected chi connectivity index (χ3v) is 3.72. The van der Waals surface area contributed by atoms with E-state index >= 15 is 0 Å². The third-order valence-electron chi connectivity index (χ3n) is 3.72. The van der Waals surface area contributed by atoms with Crippen LogP contribution in [0.1, 0.15) is 25.8 Å². The van der Waals surface area contributed by atoms with Gasteiger partial charge in [-0.2, -0.15) is 5.10 Å². The van der Waals surface area contributed by atoms with Crippen molar-refractivity contribution in [3.05, 3.63) is 42.1 Å². The molecule has 1 N–H and O–H groups in total. The molecular weight excluding hydrogens is 292 g/mol. The van der Waals surface area contributed by atoms with E-state index in [-0.39, 0.29) is 12.6 Å². The molecule has 1 aromatic carbocycles. The molecule has 120 valence electrons. The van der Waals surface area contributed by atoms with Crippen LogP contribution in [0.4, 0.5) is 0 Å². The second-order valence-corrected chi connectivity index (χ2v) is 6.10. The van der Waals surface area contributed by atoms with Crippen molar-refractivity contribution >= 4 is 23.7 Å². The van der Waals surface area contributed by atoms with E-state index in [1.54, 1.807) is 6.21 Å². The highest BCUT2D eigenvalue weighted by Crippen LogP contribution is 2.27. The zero-order chi connectivity index (χ0) is 16.4. The van der Waals surface area contributed by atoms with Gasteiger partial charge >= 0.3 is 5.97 Å². The Morgan fingerprint density at radius 1 is 1.30 bits per heavy atom. The maximum absolute atomic E-state index is 11.3. The molecule has 2 aliphatic heterocycles. The normalized spacial score (nSPS) is 19.7. The number of aliphatic imine (C=N–C) groups is 1. The minimum atomic E-state index is -0.836. The minimum Gasteiger partial charge on any atom is -0.481 e. The number of hydrogen-bond donors (Lipinski definition) is 1. The molecule has 6 nitrogen and oxygen atoms in total. The van der Waals surface area contributed by atoms with E-state index in [1.165, 1.54) is 0 Å². The van der Waals surface area contributed by atoms with Crippen LogP contribution in [0.15, 0.2) is 46.6 Å². The molecule has 23 heavy (non-hydrogen) atoms. The molecule has 2 aliphatic rings. The first-order valence-corrected chi connectivity index (χ1v) is 7.71. The molecule has 3 rings (SSSR count). The Bertz CT molecular complexity index is 679. The second kappa shape index (κ2) is 6.24. The van der Waals surface area contributed by atoms with Crippen LogP contribution in [-0.2, 0) is 4.79 Å². The monoisotopic (exact) mass is 312 g/mol. The van der Waals surface area contributed by atoms with Crippen molar-refractivity contribution in [1.29, 1.82) is 0 Å². The summed E-state index contributed by atoms with van der Waals surface area (Å²) in [5.74, 6) is 0.250. The Morgan fingerprint density at radius 2 is 2.04 bits per heavy atom. The average molecular weight is 312 g/mol. The van der Waals surface area contributed by atoms with Crippen LogP contribution >= 0.6 is 0 Å². The summed E-state index contributed by atoms with van der Waals surface area (Å²) in [5.41, 5.74) is 1.81. The van der Waals surface area contributed by atoms with E-state index in [0.717, 1.165) is 11.3 Å². The van der Waals surface area contributed by atoms with Crippen LogP contribution < -0.4 is 0 Å². The minimum absolute atomic E-state index is 0.00608. The quantitative estimate of drug-likeness (QED) is 0.907. The van der Waals surface area contributed by atoms with Gasteiger partial charge in [-0.05, 0) is 5.92 Å². The molecule has 0 fully saturated rings. The highest BCUT2D eigenvalue weighted by atomic mass is 16.4. The lowest BCUT2D eigenvalue weighted by Crippen LogP contribution is -2.42. The van der Waals surface area contributed by atoms with Crippen molar-refractivity contribution in [1.82, 2.24) is 9.91 Å². The molecule has 0 aromatic heterocycles. The van der Waals surface area contributed by atoms with E-state index in [4.69, 9.17) is 0 Å². The Balaban J connectivity index is 1.90. The fourth-order valence-electron chi connectivity index (χ4n) is 2.74. The summed E-state index contributed by atoms with van der Waals surface area (Å²) >= 11 is 0. The predicted octanol–water partition coefficient (Wildman–Crippen LogP) is 2.46. The van der Waals surface area contributed by atoms with Crippen LogP contribution in [0.2, 0.25) is 0 Å². The number of aliphatic carboxylic acids is 1. The lowest BCUT2D eigenvalue weighted by atomic mass is 10.1. The summed E-state index contributed by atoms with van der Waals surface area (Å²) in [6.07, 6.45) is 3.29. The SMILES string of the molecule is CC(C)CN1N=C2C=NC(c3ccccc3)=CN2C1CC(=O)O. The van der Waals surface area contributed by atoms with Crippen molar-refractivity contribution in [2.24, 2.45) is 16.0 Å². The van der Waals surface area contributed by atoms with E-state index in [2.05, 4.69) is 23.9 Å². The van der Waals surface area contributed by atoms with Gasteiger partial charge in [-0.15, -0.1) is 0 Å². The molecule has 1 unspecified atom stereocenters. The first-order chi connectivity index (χ1) is 11.0. The molecule has 1 aromatic rings. The summed E-state index contributed by atoms with van der Waals surface area (Å²) in [6.45, 7) is 4.89. The van der Waals surface area contributed by atoms with Gasteiger partial charge in [0.05, 0.1) is 18.3 Å². The molecule has 0 aliphatic carbocycles. The fraction of sp³-hybridized carbons (Fsp3) is 0.353. The zero-order valence-corrected chi connectivity index (χ0v) is 13.3. The number of benzene rings is 1. The molecule has 0 radical (unpaired) electrons. The third kappa shape index (κ3) is 3.26. The van der Waals surface area contributed by atoms with Crippen molar-refractivity contribution in [2.75, 3.05) is 6.54 Å². The van der Waals surface area contributed by atoms with Gasteiger partial charge in [-0.3, -0.25) is 14.8 Å². The Hall–Kier alpha value is -2.63. The largest absolute Gasteiger partial charge is 0.481 e. The van der Waals surface area contributed by atoms with E-state index < -0.39 is 5.97 Å². The number of carboxylic acids is 1. The van der Waals surface area contributed by atoms with Crippen LogP contribution in [0.25, 0.3) is 5.70 Å². The number of hydrogen-bond acceptors (Lipinski definition) is 5. The average Bonchev–Trinajstić information content (AvgIpc) is 2.84. The lowest BCUT2D eigenvalue weighted by Gasteiger charge is -2.30. The van der Waals surface area contributed by atoms with E-state index in [0.29, 0.717) is 18.3 Å². The number of nitrogens with zero attached hydrogens (tertiary/aromatic N) is 4. The van der Waals surface area contributed by atoms with Gasteiger partial charge in [0.2, 0.25) is 0 Å². The van der Waals surface area contributed by atoms with Gasteiger partial charge in [0.1, 0.15) is 6.17 Å². The van der Waals surface area contributed by atoms with Gasteiger partial charge in [0.15, 0.2) is 5.84 Å². The number of hydrazone groups is 1. The first-order valence-electron chi connectivity index (χ1n) is 7.71. The van der Waals surface area contributed by atoms with Crippen molar-refractivity contribution in [3.8, 4) is 0 Å². The lowest BCUT2D eigenvalue weighted by molar-refractivity contribution is -0.139. The summed E-state index contributed by atoms with van der Waals surface area (Å²) in [7, 11) is 0. The first kappa shape index (κ1) is 15.3. The van der Waals surface area contributed by atoms with E-state index in [1.807, 2.05) is 46.4 Å².